The molecule has 0 unspecified atom stereocenters. The fourth-order valence-corrected chi connectivity index (χ4v) is 0.250. The van der Waals surface area contributed by atoms with Gasteiger partial charge >= 0.3 is 5.97 Å². The molecule has 0 bridgehead atoms. The van der Waals surface area contributed by atoms with E-state index in [1.54, 1.807) is 0 Å². The average Bonchev–Trinajstić information content (AvgIpc) is 1.87. The van der Waals surface area contributed by atoms with Gasteiger partial charge in [0.25, 0.3) is 0 Å². The van der Waals surface area contributed by atoms with Gasteiger partial charge in [0, 0.05) is 0 Å². The van der Waals surface area contributed by atoms with Gasteiger partial charge in [-0.1, -0.05) is 6.58 Å². The van der Waals surface area contributed by atoms with Gasteiger partial charge in [-0.3, -0.25) is 0 Å². The van der Waals surface area contributed by atoms with Crippen LogP contribution in [0.1, 0.15) is 6.92 Å². The highest BCUT2D eigenvalue weighted by molar-refractivity contribution is 5.86. The number of carbonyl (C=O) groups is 1. The molecule has 0 aromatic heterocycles. The van der Waals surface area contributed by atoms with Crippen LogP contribution in [0.4, 0.5) is 4.39 Å². The van der Waals surface area contributed by atoms with E-state index in [9.17, 15) is 9.18 Å². The van der Waals surface area contributed by atoms with Crippen molar-refractivity contribution in [1.82, 2.24) is 0 Å². The Labute approximate surface area is 52.6 Å². The fraction of sp³-hybridized carbons (Fsp3) is 0.167. The Balaban J connectivity index is 3.88. The number of hydrogen-bond acceptors (Lipinski definition) is 2. The van der Waals surface area contributed by atoms with Gasteiger partial charge in [0.2, 0.25) is 5.83 Å². The molecule has 0 radical (unpaired) electrons. The van der Waals surface area contributed by atoms with Gasteiger partial charge in [-0.25, -0.2) is 4.79 Å². The lowest BCUT2D eigenvalue weighted by molar-refractivity contribution is -0.135. The summed E-state index contributed by atoms with van der Waals surface area (Å²) in [5.74, 6) is -1.91. The van der Waals surface area contributed by atoms with Crippen molar-refractivity contribution < 1.29 is 13.9 Å². The van der Waals surface area contributed by atoms with Crippen molar-refractivity contribution in [3.63, 3.8) is 0 Å². The van der Waals surface area contributed by atoms with Crippen LogP contribution in [0.15, 0.2) is 24.7 Å². The third kappa shape index (κ3) is 2.64. The van der Waals surface area contributed by atoms with E-state index in [1.807, 2.05) is 0 Å². The summed E-state index contributed by atoms with van der Waals surface area (Å²) in [6.45, 7) is 4.48. The fourth-order valence-electron chi connectivity index (χ4n) is 0.250. The third-order valence-electron chi connectivity index (χ3n) is 0.639. The summed E-state index contributed by atoms with van der Waals surface area (Å²) in [4.78, 5) is 10.2. The first-order valence-corrected chi connectivity index (χ1v) is 2.36. The maximum absolute atomic E-state index is 12.1. The van der Waals surface area contributed by atoms with Crippen LogP contribution in [0.5, 0.6) is 0 Å². The average molecular weight is 130 g/mol. The van der Waals surface area contributed by atoms with Gasteiger partial charge in [-0.2, -0.15) is 4.39 Å². The normalized spacial score (nSPS) is 10.7. The minimum Gasteiger partial charge on any atom is -0.430 e. The molecule has 0 aromatic rings. The molecule has 0 aliphatic heterocycles. The second-order valence-electron chi connectivity index (χ2n) is 1.21. The number of rotatable bonds is 2. The third-order valence-corrected chi connectivity index (χ3v) is 0.639. The Kier molecular flexibility index (Phi) is 3.35. The summed E-state index contributed by atoms with van der Waals surface area (Å²) in [5.41, 5.74) is 0. The molecule has 0 amide bonds. The molecule has 0 saturated heterocycles. The highest BCUT2D eigenvalue weighted by atomic mass is 19.1. The van der Waals surface area contributed by atoms with E-state index in [2.05, 4.69) is 11.3 Å². The Hall–Kier alpha value is -1.12. The van der Waals surface area contributed by atoms with E-state index in [1.165, 1.54) is 6.92 Å². The van der Waals surface area contributed by atoms with E-state index in [-0.39, 0.29) is 0 Å². The van der Waals surface area contributed by atoms with E-state index in [0.717, 1.165) is 12.3 Å². The van der Waals surface area contributed by atoms with Gasteiger partial charge in [-0.05, 0) is 13.0 Å². The topological polar surface area (TPSA) is 26.3 Å². The Morgan fingerprint density at radius 1 is 1.78 bits per heavy atom. The van der Waals surface area contributed by atoms with Crippen molar-refractivity contribution in [3.8, 4) is 0 Å². The van der Waals surface area contributed by atoms with Crippen LogP contribution in [0.3, 0.4) is 0 Å². The number of allylic oxidation sites excluding steroid dienone is 1. The zero-order valence-corrected chi connectivity index (χ0v) is 5.06. The minimum atomic E-state index is -1.01. The molecular formula is C6H7FO2. The molecular weight excluding hydrogens is 123 g/mol. The number of ether oxygens (including phenoxy) is 1. The van der Waals surface area contributed by atoms with E-state index in [0.29, 0.717) is 0 Å². The molecule has 0 rings (SSSR count). The van der Waals surface area contributed by atoms with Crippen LogP contribution in [0.25, 0.3) is 0 Å². The summed E-state index contributed by atoms with van der Waals surface area (Å²) in [6, 6.07) is 0. The minimum absolute atomic E-state index is 0.880. The zero-order chi connectivity index (χ0) is 7.28. The predicted octanol–water partition coefficient (Wildman–Crippen LogP) is 1.55. The van der Waals surface area contributed by atoms with Gasteiger partial charge in [0.05, 0.1) is 6.26 Å². The number of esters is 1. The summed E-state index contributed by atoms with van der Waals surface area (Å²) in [5, 5.41) is 0. The van der Waals surface area contributed by atoms with Crippen molar-refractivity contribution in [2.75, 3.05) is 0 Å². The van der Waals surface area contributed by atoms with Gasteiger partial charge < -0.3 is 4.74 Å². The quantitative estimate of drug-likeness (QED) is 0.322. The smallest absolute Gasteiger partial charge is 0.371 e. The molecule has 0 aliphatic rings. The SMILES string of the molecule is C=COC(=O)C(F)=CC. The molecule has 3 heteroatoms. The standard InChI is InChI=1S/C6H7FO2/c1-3-5(7)6(8)9-4-2/h3-4H,2H2,1H3. The molecule has 0 aliphatic carbocycles. The molecule has 0 saturated carbocycles. The highest BCUT2D eigenvalue weighted by Crippen LogP contribution is 1.97. The van der Waals surface area contributed by atoms with Crippen LogP contribution >= 0.6 is 0 Å². The number of carbonyl (C=O) groups excluding carboxylic acids is 1. The molecule has 0 spiro atoms. The second-order valence-corrected chi connectivity index (χ2v) is 1.21. The summed E-state index contributed by atoms with van der Waals surface area (Å²) < 4.78 is 16.1. The lowest BCUT2D eigenvalue weighted by Gasteiger charge is -1.91. The molecule has 9 heavy (non-hydrogen) atoms. The lowest BCUT2D eigenvalue weighted by Crippen LogP contribution is -1.98. The van der Waals surface area contributed by atoms with E-state index >= 15 is 0 Å². The Bertz CT molecular complexity index is 149. The lowest BCUT2D eigenvalue weighted by atomic mass is 10.5. The summed E-state index contributed by atoms with van der Waals surface area (Å²) in [7, 11) is 0. The van der Waals surface area contributed by atoms with Crippen LogP contribution in [-0.4, -0.2) is 5.97 Å². The van der Waals surface area contributed by atoms with Gasteiger partial charge in [0.1, 0.15) is 0 Å². The molecule has 50 valence electrons. The Morgan fingerprint density at radius 3 is 2.67 bits per heavy atom. The van der Waals surface area contributed by atoms with Crippen LogP contribution in [-0.2, 0) is 9.53 Å². The first-order chi connectivity index (χ1) is 4.22. The largest absolute Gasteiger partial charge is 0.430 e. The van der Waals surface area contributed by atoms with Gasteiger partial charge in [-0.15, -0.1) is 0 Å². The predicted molar refractivity (Wildman–Crippen MR) is 31.2 cm³/mol. The van der Waals surface area contributed by atoms with Crippen molar-refractivity contribution >= 4 is 5.97 Å². The van der Waals surface area contributed by atoms with E-state index in [4.69, 9.17) is 0 Å². The monoisotopic (exact) mass is 130 g/mol. The zero-order valence-electron chi connectivity index (χ0n) is 5.06. The highest BCUT2D eigenvalue weighted by Gasteiger charge is 2.05. The summed E-state index contributed by atoms with van der Waals surface area (Å²) in [6.07, 6.45) is 1.90. The Morgan fingerprint density at radius 2 is 2.33 bits per heavy atom. The maximum Gasteiger partial charge on any atom is 0.371 e. The number of hydrogen-bond donors (Lipinski definition) is 0. The van der Waals surface area contributed by atoms with Crippen molar-refractivity contribution in [1.29, 1.82) is 0 Å². The molecule has 0 atom stereocenters. The molecule has 0 fully saturated rings. The summed E-state index contributed by atoms with van der Waals surface area (Å²) >= 11 is 0. The van der Waals surface area contributed by atoms with Crippen molar-refractivity contribution in [2.45, 2.75) is 6.92 Å². The second kappa shape index (κ2) is 3.83. The first-order valence-electron chi connectivity index (χ1n) is 2.36. The van der Waals surface area contributed by atoms with Crippen LogP contribution in [0, 0.1) is 0 Å². The van der Waals surface area contributed by atoms with Crippen LogP contribution in [0.2, 0.25) is 0 Å². The van der Waals surface area contributed by atoms with Crippen molar-refractivity contribution in [2.24, 2.45) is 0 Å². The first kappa shape index (κ1) is 7.88. The molecule has 2 nitrogen and oxygen atoms in total. The molecule has 0 heterocycles. The van der Waals surface area contributed by atoms with Crippen LogP contribution < -0.4 is 0 Å². The number of halogens is 1. The van der Waals surface area contributed by atoms with Crippen molar-refractivity contribution in [3.05, 3.63) is 24.7 Å². The molecule has 0 N–H and O–H groups in total. The van der Waals surface area contributed by atoms with Gasteiger partial charge in [0.15, 0.2) is 0 Å². The molecule has 0 aromatic carbocycles. The van der Waals surface area contributed by atoms with E-state index < -0.39 is 11.8 Å². The maximum atomic E-state index is 12.1.